The number of ketones is 1. The van der Waals surface area contributed by atoms with Crippen LogP contribution in [0.25, 0.3) is 10.9 Å². The van der Waals surface area contributed by atoms with Crippen molar-refractivity contribution in [3.8, 4) is 0 Å². The lowest BCUT2D eigenvalue weighted by atomic mass is 10.0. The number of halogens is 2. The van der Waals surface area contributed by atoms with Crippen LogP contribution in [0.3, 0.4) is 0 Å². The Hall–Kier alpha value is -1.58. The monoisotopic (exact) mass is 361 g/mol. The van der Waals surface area contributed by atoms with Crippen LogP contribution in [0.2, 0.25) is 5.02 Å². The molecule has 0 radical (unpaired) electrons. The first kappa shape index (κ1) is 14.4. The van der Waals surface area contributed by atoms with Crippen LogP contribution in [-0.2, 0) is 6.42 Å². The molecular formula is C17H13BrClNO. The van der Waals surface area contributed by atoms with Crippen molar-refractivity contribution in [3.05, 3.63) is 68.8 Å². The van der Waals surface area contributed by atoms with Crippen molar-refractivity contribution < 1.29 is 4.79 Å². The first-order valence-electron chi connectivity index (χ1n) is 6.70. The second-order valence-electron chi connectivity index (χ2n) is 4.85. The van der Waals surface area contributed by atoms with E-state index in [2.05, 4.69) is 33.9 Å². The van der Waals surface area contributed by atoms with Gasteiger partial charge in [-0.15, -0.1) is 0 Å². The van der Waals surface area contributed by atoms with Crippen molar-refractivity contribution in [3.63, 3.8) is 0 Å². The average Bonchev–Trinajstić information content (AvgIpc) is 2.90. The summed E-state index contributed by atoms with van der Waals surface area (Å²) in [6.07, 6.45) is 2.69. The number of benzene rings is 2. The molecule has 0 unspecified atom stereocenters. The van der Waals surface area contributed by atoms with Crippen molar-refractivity contribution in [2.45, 2.75) is 13.3 Å². The fourth-order valence-corrected chi connectivity index (χ4v) is 3.28. The number of para-hydroxylation sites is 1. The number of aromatic amines is 1. The van der Waals surface area contributed by atoms with Gasteiger partial charge in [-0.3, -0.25) is 4.79 Å². The van der Waals surface area contributed by atoms with E-state index in [1.54, 1.807) is 18.3 Å². The summed E-state index contributed by atoms with van der Waals surface area (Å²) in [6.45, 7) is 2.10. The summed E-state index contributed by atoms with van der Waals surface area (Å²) >= 11 is 9.54. The Morgan fingerprint density at radius 2 is 2.05 bits per heavy atom. The number of carbonyl (C=O) groups excluding carboxylic acids is 1. The van der Waals surface area contributed by atoms with Crippen molar-refractivity contribution in [1.82, 2.24) is 4.98 Å². The number of hydrogen-bond donors (Lipinski definition) is 1. The third kappa shape index (κ3) is 2.52. The van der Waals surface area contributed by atoms with E-state index in [0.717, 1.165) is 21.8 Å². The van der Waals surface area contributed by atoms with Crippen molar-refractivity contribution in [1.29, 1.82) is 0 Å². The lowest BCUT2D eigenvalue weighted by molar-refractivity contribution is 0.104. The average molecular weight is 363 g/mol. The summed E-state index contributed by atoms with van der Waals surface area (Å²) in [5, 5.41) is 1.40. The van der Waals surface area contributed by atoms with Gasteiger partial charge < -0.3 is 4.98 Å². The van der Waals surface area contributed by atoms with Gasteiger partial charge in [-0.2, -0.15) is 0 Å². The second-order valence-corrected chi connectivity index (χ2v) is 6.17. The summed E-state index contributed by atoms with van der Waals surface area (Å²) in [4.78, 5) is 15.9. The lowest BCUT2D eigenvalue weighted by Crippen LogP contribution is -2.01. The van der Waals surface area contributed by atoms with Crippen molar-refractivity contribution >= 4 is 44.2 Å². The molecule has 2 aromatic carbocycles. The SMILES string of the molecule is CCc1cccc2c(C(=O)c3ccc(Br)cc3Cl)c[nH]c12. The van der Waals surface area contributed by atoms with Crippen LogP contribution in [0.15, 0.2) is 47.1 Å². The van der Waals surface area contributed by atoms with Crippen LogP contribution < -0.4 is 0 Å². The standard InChI is InChI=1S/C17H13BrClNO/c1-2-10-4-3-5-12-14(9-20-16(10)12)17(21)13-7-6-11(18)8-15(13)19/h3-9,20H,2H2,1H3. The highest BCUT2D eigenvalue weighted by molar-refractivity contribution is 9.10. The minimum Gasteiger partial charge on any atom is -0.360 e. The van der Waals surface area contributed by atoms with Gasteiger partial charge in [0.25, 0.3) is 0 Å². The number of fused-ring (bicyclic) bond motifs is 1. The number of carbonyl (C=O) groups is 1. The zero-order valence-corrected chi connectivity index (χ0v) is 13.8. The molecule has 0 aliphatic rings. The lowest BCUT2D eigenvalue weighted by Gasteiger charge is -2.04. The fraction of sp³-hybridized carbons (Fsp3) is 0.118. The van der Waals surface area contributed by atoms with Gasteiger partial charge in [0.2, 0.25) is 0 Å². The number of hydrogen-bond acceptors (Lipinski definition) is 1. The van der Waals surface area contributed by atoms with Gasteiger partial charge in [-0.05, 0) is 30.2 Å². The molecule has 4 heteroatoms. The van der Waals surface area contributed by atoms with Crippen LogP contribution >= 0.6 is 27.5 Å². The zero-order chi connectivity index (χ0) is 15.0. The number of nitrogens with one attached hydrogen (secondary N) is 1. The Labute approximate surface area is 136 Å². The third-order valence-corrected chi connectivity index (χ3v) is 4.41. The van der Waals surface area contributed by atoms with Crippen LogP contribution in [0.5, 0.6) is 0 Å². The molecule has 0 saturated carbocycles. The Bertz CT molecular complexity index is 838. The van der Waals surface area contributed by atoms with Gasteiger partial charge in [0.05, 0.1) is 5.02 Å². The maximum Gasteiger partial charge on any atom is 0.196 e. The Morgan fingerprint density at radius 1 is 1.24 bits per heavy atom. The molecule has 1 heterocycles. The molecule has 0 spiro atoms. The normalized spacial score (nSPS) is 11.0. The third-order valence-electron chi connectivity index (χ3n) is 3.60. The van der Waals surface area contributed by atoms with Crippen molar-refractivity contribution in [2.75, 3.05) is 0 Å². The van der Waals surface area contributed by atoms with Gasteiger partial charge in [0.1, 0.15) is 0 Å². The Morgan fingerprint density at radius 3 is 2.76 bits per heavy atom. The van der Waals surface area contributed by atoms with E-state index in [0.29, 0.717) is 16.1 Å². The van der Waals surface area contributed by atoms with E-state index in [1.807, 2.05) is 18.2 Å². The smallest absolute Gasteiger partial charge is 0.196 e. The summed E-state index contributed by atoms with van der Waals surface area (Å²) in [6, 6.07) is 11.3. The number of H-pyrrole nitrogens is 1. The molecule has 1 aromatic heterocycles. The minimum atomic E-state index is -0.0630. The second kappa shape index (κ2) is 5.66. The zero-order valence-electron chi connectivity index (χ0n) is 11.4. The van der Waals surface area contributed by atoms with Crippen LogP contribution in [0.4, 0.5) is 0 Å². The van der Waals surface area contributed by atoms with Gasteiger partial charge in [0, 0.05) is 32.7 Å². The molecule has 0 bridgehead atoms. The largest absolute Gasteiger partial charge is 0.360 e. The first-order chi connectivity index (χ1) is 10.1. The Balaban J connectivity index is 2.14. The van der Waals surface area contributed by atoms with E-state index in [-0.39, 0.29) is 5.78 Å². The molecular weight excluding hydrogens is 350 g/mol. The molecule has 2 nitrogen and oxygen atoms in total. The summed E-state index contributed by atoms with van der Waals surface area (Å²) in [5.41, 5.74) is 3.40. The molecule has 106 valence electrons. The van der Waals surface area contributed by atoms with E-state index < -0.39 is 0 Å². The first-order valence-corrected chi connectivity index (χ1v) is 7.87. The quantitative estimate of drug-likeness (QED) is 0.624. The highest BCUT2D eigenvalue weighted by Crippen LogP contribution is 2.28. The van der Waals surface area contributed by atoms with Crippen LogP contribution in [0, 0.1) is 0 Å². The van der Waals surface area contributed by atoms with Gasteiger partial charge in [-0.1, -0.05) is 52.7 Å². The highest BCUT2D eigenvalue weighted by atomic mass is 79.9. The van der Waals surface area contributed by atoms with E-state index >= 15 is 0 Å². The van der Waals surface area contributed by atoms with E-state index in [4.69, 9.17) is 11.6 Å². The van der Waals surface area contributed by atoms with Crippen LogP contribution in [-0.4, -0.2) is 10.8 Å². The topological polar surface area (TPSA) is 32.9 Å². The summed E-state index contributed by atoms with van der Waals surface area (Å²) < 4.78 is 0.858. The molecule has 0 saturated heterocycles. The number of aromatic nitrogens is 1. The molecule has 3 rings (SSSR count). The Kier molecular flexibility index (Phi) is 3.87. The molecule has 0 atom stereocenters. The predicted octanol–water partition coefficient (Wildman–Crippen LogP) is 5.38. The maximum absolute atomic E-state index is 12.7. The summed E-state index contributed by atoms with van der Waals surface area (Å²) in [5.74, 6) is -0.0630. The molecule has 0 aliphatic carbocycles. The number of aryl methyl sites for hydroxylation is 1. The molecule has 1 N–H and O–H groups in total. The molecule has 3 aromatic rings. The van der Waals surface area contributed by atoms with E-state index in [1.165, 1.54) is 5.56 Å². The highest BCUT2D eigenvalue weighted by Gasteiger charge is 2.17. The van der Waals surface area contributed by atoms with E-state index in [9.17, 15) is 4.79 Å². The fourth-order valence-electron chi connectivity index (χ4n) is 2.52. The maximum atomic E-state index is 12.7. The van der Waals surface area contributed by atoms with Gasteiger partial charge in [0.15, 0.2) is 5.78 Å². The molecule has 0 amide bonds. The van der Waals surface area contributed by atoms with Gasteiger partial charge in [-0.25, -0.2) is 0 Å². The van der Waals surface area contributed by atoms with Gasteiger partial charge >= 0.3 is 0 Å². The number of rotatable bonds is 3. The molecule has 0 aliphatic heterocycles. The predicted molar refractivity (Wildman–Crippen MR) is 90.3 cm³/mol. The minimum absolute atomic E-state index is 0.0630. The molecule has 21 heavy (non-hydrogen) atoms. The van der Waals surface area contributed by atoms with Crippen LogP contribution in [0.1, 0.15) is 28.4 Å². The van der Waals surface area contributed by atoms with Crippen molar-refractivity contribution in [2.24, 2.45) is 0 Å². The summed E-state index contributed by atoms with van der Waals surface area (Å²) in [7, 11) is 0. The molecule has 0 fully saturated rings.